The van der Waals surface area contributed by atoms with Gasteiger partial charge >= 0.3 is 0 Å². The van der Waals surface area contributed by atoms with E-state index in [2.05, 4.69) is 27.2 Å². The minimum absolute atomic E-state index is 0.146. The second-order valence-electron chi connectivity index (χ2n) is 7.34. The van der Waals surface area contributed by atoms with E-state index in [-0.39, 0.29) is 11.8 Å². The molecule has 2 aliphatic heterocycles. The number of amides is 1. The van der Waals surface area contributed by atoms with Crippen molar-refractivity contribution in [1.82, 2.24) is 15.1 Å². The minimum Gasteiger partial charge on any atom is -0.494 e. The third-order valence-corrected chi connectivity index (χ3v) is 5.46. The summed E-state index contributed by atoms with van der Waals surface area (Å²) < 4.78 is 11.1. The number of ether oxygens (including phenoxy) is 2. The van der Waals surface area contributed by atoms with Gasteiger partial charge in [-0.25, -0.2) is 0 Å². The number of benzene rings is 1. The smallest absolute Gasteiger partial charge is 0.223 e. The number of carbonyl (C=O) groups excluding carboxylic acids is 1. The molecule has 0 aliphatic carbocycles. The SMILES string of the molecule is CCOc1ccccc1CN1CCC(C(=O)NCCN2CCOCC2)CC1. The lowest BCUT2D eigenvalue weighted by Crippen LogP contribution is -2.44. The van der Waals surface area contributed by atoms with Gasteiger partial charge in [-0.2, -0.15) is 0 Å². The number of piperidine rings is 1. The van der Waals surface area contributed by atoms with Gasteiger partial charge in [-0.1, -0.05) is 18.2 Å². The maximum absolute atomic E-state index is 12.5. The van der Waals surface area contributed by atoms with Crippen molar-refractivity contribution in [3.05, 3.63) is 29.8 Å². The van der Waals surface area contributed by atoms with Crippen LogP contribution >= 0.6 is 0 Å². The van der Waals surface area contributed by atoms with Gasteiger partial charge in [0.25, 0.3) is 0 Å². The molecule has 0 saturated carbocycles. The van der Waals surface area contributed by atoms with Crippen LogP contribution in [0.2, 0.25) is 0 Å². The predicted octanol–water partition coefficient (Wildman–Crippen LogP) is 1.75. The average Bonchev–Trinajstić information content (AvgIpc) is 2.71. The van der Waals surface area contributed by atoms with Crippen molar-refractivity contribution in [3.8, 4) is 5.75 Å². The minimum atomic E-state index is 0.146. The molecule has 0 atom stereocenters. The van der Waals surface area contributed by atoms with Gasteiger partial charge in [0.1, 0.15) is 5.75 Å². The van der Waals surface area contributed by atoms with E-state index in [0.29, 0.717) is 6.61 Å². The highest BCUT2D eigenvalue weighted by Gasteiger charge is 2.25. The van der Waals surface area contributed by atoms with Gasteiger partial charge in [0.15, 0.2) is 0 Å². The van der Waals surface area contributed by atoms with Crippen molar-refractivity contribution in [1.29, 1.82) is 0 Å². The fourth-order valence-corrected chi connectivity index (χ4v) is 3.83. The second-order valence-corrected chi connectivity index (χ2v) is 7.34. The quantitative estimate of drug-likeness (QED) is 0.750. The molecule has 0 aromatic heterocycles. The number of nitrogens with zero attached hydrogens (tertiary/aromatic N) is 2. The van der Waals surface area contributed by atoms with Crippen molar-refractivity contribution in [2.24, 2.45) is 5.92 Å². The molecule has 1 N–H and O–H groups in total. The van der Waals surface area contributed by atoms with E-state index < -0.39 is 0 Å². The van der Waals surface area contributed by atoms with Gasteiger partial charge in [-0.15, -0.1) is 0 Å². The standard InChI is InChI=1S/C21H33N3O3/c1-2-27-20-6-4-3-5-19(20)17-24-10-7-18(8-11-24)21(25)22-9-12-23-13-15-26-16-14-23/h3-6,18H,2,7-17H2,1H3,(H,22,25). The Hall–Kier alpha value is -1.63. The highest BCUT2D eigenvalue weighted by molar-refractivity contribution is 5.78. The number of para-hydroxylation sites is 1. The Morgan fingerprint density at radius 1 is 1.15 bits per heavy atom. The lowest BCUT2D eigenvalue weighted by Gasteiger charge is -2.32. The van der Waals surface area contributed by atoms with Crippen LogP contribution in [0.3, 0.4) is 0 Å². The molecule has 3 rings (SSSR count). The first kappa shape index (κ1) is 20.1. The molecule has 27 heavy (non-hydrogen) atoms. The summed E-state index contributed by atoms with van der Waals surface area (Å²) in [5.41, 5.74) is 1.23. The molecule has 150 valence electrons. The summed E-state index contributed by atoms with van der Waals surface area (Å²) >= 11 is 0. The lowest BCUT2D eigenvalue weighted by molar-refractivity contribution is -0.126. The molecule has 1 aromatic rings. The summed E-state index contributed by atoms with van der Waals surface area (Å²) in [5, 5.41) is 3.13. The largest absolute Gasteiger partial charge is 0.494 e. The first-order valence-electron chi connectivity index (χ1n) is 10.3. The normalized spacial score (nSPS) is 19.7. The van der Waals surface area contributed by atoms with E-state index in [1.54, 1.807) is 0 Å². The van der Waals surface area contributed by atoms with Crippen molar-refractivity contribution < 1.29 is 14.3 Å². The van der Waals surface area contributed by atoms with E-state index in [1.807, 2.05) is 19.1 Å². The van der Waals surface area contributed by atoms with E-state index in [1.165, 1.54) is 5.56 Å². The van der Waals surface area contributed by atoms with Crippen LogP contribution in [0, 0.1) is 5.92 Å². The third kappa shape index (κ3) is 6.19. The van der Waals surface area contributed by atoms with Crippen LogP contribution in [0.15, 0.2) is 24.3 Å². The number of rotatable bonds is 8. The van der Waals surface area contributed by atoms with Gasteiger partial charge in [-0.05, 0) is 38.9 Å². The van der Waals surface area contributed by atoms with Gasteiger partial charge in [0, 0.05) is 44.2 Å². The molecule has 0 radical (unpaired) electrons. The number of nitrogens with one attached hydrogen (secondary N) is 1. The van der Waals surface area contributed by atoms with E-state index in [4.69, 9.17) is 9.47 Å². The maximum atomic E-state index is 12.5. The fourth-order valence-electron chi connectivity index (χ4n) is 3.83. The van der Waals surface area contributed by atoms with Crippen molar-refractivity contribution >= 4 is 5.91 Å². The predicted molar refractivity (Wildman–Crippen MR) is 106 cm³/mol. The molecule has 2 heterocycles. The fraction of sp³-hybridized carbons (Fsp3) is 0.667. The van der Waals surface area contributed by atoms with E-state index >= 15 is 0 Å². The topological polar surface area (TPSA) is 54.0 Å². The van der Waals surface area contributed by atoms with Gasteiger partial charge in [0.05, 0.1) is 19.8 Å². The van der Waals surface area contributed by atoms with Crippen LogP contribution in [-0.4, -0.2) is 74.8 Å². The maximum Gasteiger partial charge on any atom is 0.223 e. The van der Waals surface area contributed by atoms with Crippen LogP contribution in [0.4, 0.5) is 0 Å². The third-order valence-electron chi connectivity index (χ3n) is 5.46. The molecule has 0 bridgehead atoms. The van der Waals surface area contributed by atoms with Crippen molar-refractivity contribution in [3.63, 3.8) is 0 Å². The first-order valence-corrected chi connectivity index (χ1v) is 10.3. The molecule has 0 spiro atoms. The summed E-state index contributed by atoms with van der Waals surface area (Å²) in [7, 11) is 0. The highest BCUT2D eigenvalue weighted by Crippen LogP contribution is 2.23. The molecule has 2 saturated heterocycles. The van der Waals surface area contributed by atoms with Gasteiger partial charge in [-0.3, -0.25) is 14.6 Å². The van der Waals surface area contributed by atoms with Crippen LogP contribution < -0.4 is 10.1 Å². The van der Waals surface area contributed by atoms with Crippen LogP contribution in [-0.2, 0) is 16.1 Å². The number of carbonyl (C=O) groups is 1. The molecule has 6 heteroatoms. The summed E-state index contributed by atoms with van der Waals surface area (Å²) in [5.74, 6) is 1.34. The number of hydrogen-bond donors (Lipinski definition) is 1. The Balaban J connectivity index is 1.37. The molecule has 0 unspecified atom stereocenters. The van der Waals surface area contributed by atoms with Gasteiger partial charge in [0.2, 0.25) is 5.91 Å². The second kappa shape index (κ2) is 10.6. The molecular weight excluding hydrogens is 342 g/mol. The van der Waals surface area contributed by atoms with Crippen LogP contribution in [0.25, 0.3) is 0 Å². The Morgan fingerprint density at radius 2 is 1.89 bits per heavy atom. The number of likely N-dealkylation sites (tertiary alicyclic amines) is 1. The van der Waals surface area contributed by atoms with Crippen LogP contribution in [0.1, 0.15) is 25.3 Å². The molecule has 2 fully saturated rings. The highest BCUT2D eigenvalue weighted by atomic mass is 16.5. The molecule has 1 amide bonds. The molecule has 6 nitrogen and oxygen atoms in total. The van der Waals surface area contributed by atoms with E-state index in [9.17, 15) is 4.79 Å². The summed E-state index contributed by atoms with van der Waals surface area (Å²) in [6.45, 7) is 10.7. The Bertz CT molecular complexity index is 582. The first-order chi connectivity index (χ1) is 13.3. The zero-order valence-corrected chi connectivity index (χ0v) is 16.5. The summed E-state index contributed by atoms with van der Waals surface area (Å²) in [6, 6.07) is 8.25. The molecular formula is C21H33N3O3. The van der Waals surface area contributed by atoms with E-state index in [0.717, 1.165) is 77.6 Å². The lowest BCUT2D eigenvalue weighted by atomic mass is 9.95. The zero-order chi connectivity index (χ0) is 18.9. The Kier molecular flexibility index (Phi) is 7.93. The zero-order valence-electron chi connectivity index (χ0n) is 16.5. The van der Waals surface area contributed by atoms with Gasteiger partial charge < -0.3 is 14.8 Å². The number of morpholine rings is 1. The molecule has 1 aromatic carbocycles. The van der Waals surface area contributed by atoms with Crippen LogP contribution in [0.5, 0.6) is 5.75 Å². The summed E-state index contributed by atoms with van der Waals surface area (Å²) in [4.78, 5) is 17.2. The van der Waals surface area contributed by atoms with Crippen molar-refractivity contribution in [2.45, 2.75) is 26.3 Å². The number of hydrogen-bond acceptors (Lipinski definition) is 5. The monoisotopic (exact) mass is 375 g/mol. The average molecular weight is 376 g/mol. The summed E-state index contributed by atoms with van der Waals surface area (Å²) in [6.07, 6.45) is 1.86. The molecule has 2 aliphatic rings. The van der Waals surface area contributed by atoms with Crippen molar-refractivity contribution in [2.75, 3.05) is 59.1 Å². The Labute approximate surface area is 162 Å². The Morgan fingerprint density at radius 3 is 2.63 bits per heavy atom.